The molecule has 2 rings (SSSR count). The summed E-state index contributed by atoms with van der Waals surface area (Å²) in [7, 11) is 1.79. The maximum absolute atomic E-state index is 12.5. The molecule has 18 heavy (non-hydrogen) atoms. The van der Waals surface area contributed by atoms with E-state index in [0.29, 0.717) is 16.5 Å². The van der Waals surface area contributed by atoms with E-state index in [1.54, 1.807) is 7.05 Å². The lowest BCUT2D eigenvalue weighted by Gasteiger charge is -2.25. The van der Waals surface area contributed by atoms with Crippen LogP contribution in [0, 0.1) is 0 Å². The average molecular weight is 280 g/mol. The Kier molecular flexibility index (Phi) is 4.06. The van der Waals surface area contributed by atoms with Crippen LogP contribution in [0.1, 0.15) is 24.3 Å². The van der Waals surface area contributed by atoms with Crippen molar-refractivity contribution in [2.45, 2.75) is 31.5 Å². The van der Waals surface area contributed by atoms with Gasteiger partial charge in [-0.1, -0.05) is 11.3 Å². The third kappa shape index (κ3) is 3.11. The number of nitrogens with zero attached hydrogens (tertiary/aromatic N) is 3. The Hall–Kier alpha value is -0.890. The Bertz CT molecular complexity index is 385. The maximum atomic E-state index is 12.5. The summed E-state index contributed by atoms with van der Waals surface area (Å²) < 4.78 is 37.4. The third-order valence-corrected chi connectivity index (χ3v) is 4.11. The molecule has 1 saturated heterocycles. The van der Waals surface area contributed by atoms with E-state index in [2.05, 4.69) is 15.5 Å². The summed E-state index contributed by atoms with van der Waals surface area (Å²) in [5.41, 5.74) is 0. The zero-order chi connectivity index (χ0) is 13.2. The molecule has 1 aliphatic heterocycles. The average Bonchev–Trinajstić information content (AvgIpc) is 2.65. The zero-order valence-electron chi connectivity index (χ0n) is 10.00. The van der Waals surface area contributed by atoms with E-state index in [9.17, 15) is 13.2 Å². The predicted octanol–water partition coefficient (Wildman–Crippen LogP) is 2.14. The number of rotatable bonds is 2. The highest BCUT2D eigenvalue weighted by molar-refractivity contribution is 7.15. The Labute approximate surface area is 107 Å². The van der Waals surface area contributed by atoms with Crippen LogP contribution in [0.4, 0.5) is 18.3 Å². The number of hydrogen-bond donors (Lipinski definition) is 1. The van der Waals surface area contributed by atoms with Gasteiger partial charge in [0.15, 0.2) is 0 Å². The van der Waals surface area contributed by atoms with Crippen LogP contribution in [0.25, 0.3) is 0 Å². The molecule has 1 unspecified atom stereocenters. The summed E-state index contributed by atoms with van der Waals surface area (Å²) >= 11 is 0.607. The van der Waals surface area contributed by atoms with Gasteiger partial charge in [0.25, 0.3) is 0 Å². The summed E-state index contributed by atoms with van der Waals surface area (Å²) in [6.07, 6.45) is -1.50. The normalized spacial score (nSPS) is 21.7. The number of anilines is 1. The highest BCUT2D eigenvalue weighted by atomic mass is 32.1. The van der Waals surface area contributed by atoms with Gasteiger partial charge in [-0.3, -0.25) is 0 Å². The molecule has 0 amide bonds. The number of aromatic nitrogens is 2. The van der Waals surface area contributed by atoms with Crippen molar-refractivity contribution >= 4 is 16.5 Å². The number of alkyl halides is 3. The molecule has 8 heteroatoms. The van der Waals surface area contributed by atoms with Crippen molar-refractivity contribution in [3.05, 3.63) is 5.01 Å². The molecule has 1 aliphatic rings. The van der Waals surface area contributed by atoms with Gasteiger partial charge in [-0.2, -0.15) is 13.2 Å². The van der Waals surface area contributed by atoms with Crippen LogP contribution in [0.5, 0.6) is 0 Å². The number of nitrogens with one attached hydrogen (secondary N) is 1. The second kappa shape index (κ2) is 5.40. The number of halogens is 3. The monoisotopic (exact) mass is 280 g/mol. The van der Waals surface area contributed by atoms with Gasteiger partial charge in [0.1, 0.15) is 0 Å². The van der Waals surface area contributed by atoms with Crippen LogP contribution in [0.3, 0.4) is 0 Å². The van der Waals surface area contributed by atoms with Gasteiger partial charge in [-0.05, 0) is 32.4 Å². The maximum Gasteiger partial charge on any atom is 0.445 e. The highest BCUT2D eigenvalue weighted by Crippen LogP contribution is 2.34. The Balaban J connectivity index is 2.08. The quantitative estimate of drug-likeness (QED) is 0.901. The van der Waals surface area contributed by atoms with Crippen molar-refractivity contribution in [1.82, 2.24) is 15.5 Å². The smallest absolute Gasteiger partial charge is 0.347 e. The van der Waals surface area contributed by atoms with Crippen molar-refractivity contribution < 1.29 is 13.2 Å². The molecule has 1 aromatic rings. The molecule has 0 radical (unpaired) electrons. The molecule has 102 valence electrons. The van der Waals surface area contributed by atoms with E-state index in [1.807, 2.05) is 4.90 Å². The van der Waals surface area contributed by atoms with Gasteiger partial charge < -0.3 is 10.2 Å². The summed E-state index contributed by atoms with van der Waals surface area (Å²) in [4.78, 5) is 1.82. The van der Waals surface area contributed by atoms with Crippen LogP contribution < -0.4 is 10.2 Å². The van der Waals surface area contributed by atoms with Crippen molar-refractivity contribution in [2.24, 2.45) is 0 Å². The summed E-state index contributed by atoms with van der Waals surface area (Å²) in [6.45, 7) is 1.86. The first kappa shape index (κ1) is 13.5. The molecule has 0 aromatic carbocycles. The minimum Gasteiger partial charge on any atom is -0.347 e. The molecule has 0 spiro atoms. The second-order valence-corrected chi connectivity index (χ2v) is 5.29. The first-order valence-electron chi connectivity index (χ1n) is 5.83. The Morgan fingerprint density at radius 2 is 2.06 bits per heavy atom. The highest BCUT2D eigenvalue weighted by Gasteiger charge is 2.36. The molecule has 0 bridgehead atoms. The standard InChI is InChI=1S/C10H15F3N4S/c1-17(7-3-2-5-14-6-4-7)9-16-15-8(18-9)10(11,12)13/h7,14H,2-6H2,1H3. The van der Waals surface area contributed by atoms with E-state index in [-0.39, 0.29) is 6.04 Å². The fourth-order valence-corrected chi connectivity index (χ4v) is 2.76. The van der Waals surface area contributed by atoms with Gasteiger partial charge in [0, 0.05) is 13.1 Å². The molecule has 1 fully saturated rings. The lowest BCUT2D eigenvalue weighted by Crippen LogP contribution is -2.32. The molecule has 0 saturated carbocycles. The molecular formula is C10H15F3N4S. The summed E-state index contributed by atoms with van der Waals surface area (Å²) in [5, 5.41) is 9.59. The fourth-order valence-electron chi connectivity index (χ4n) is 2.02. The van der Waals surface area contributed by atoms with E-state index in [4.69, 9.17) is 0 Å². The van der Waals surface area contributed by atoms with Crippen molar-refractivity contribution in [3.63, 3.8) is 0 Å². The Morgan fingerprint density at radius 1 is 1.28 bits per heavy atom. The minimum atomic E-state index is -4.40. The van der Waals surface area contributed by atoms with Crippen LogP contribution >= 0.6 is 11.3 Å². The van der Waals surface area contributed by atoms with Gasteiger partial charge >= 0.3 is 6.18 Å². The van der Waals surface area contributed by atoms with Crippen LogP contribution in [0.15, 0.2) is 0 Å². The van der Waals surface area contributed by atoms with Crippen LogP contribution in [-0.4, -0.2) is 36.4 Å². The minimum absolute atomic E-state index is 0.231. The zero-order valence-corrected chi connectivity index (χ0v) is 10.8. The molecule has 2 heterocycles. The largest absolute Gasteiger partial charge is 0.445 e. The van der Waals surface area contributed by atoms with Crippen molar-refractivity contribution in [1.29, 1.82) is 0 Å². The van der Waals surface area contributed by atoms with E-state index < -0.39 is 11.2 Å². The van der Waals surface area contributed by atoms with Gasteiger partial charge in [-0.15, -0.1) is 10.2 Å². The second-order valence-electron chi connectivity index (χ2n) is 4.33. The first-order chi connectivity index (χ1) is 8.48. The van der Waals surface area contributed by atoms with E-state index in [1.165, 1.54) is 0 Å². The van der Waals surface area contributed by atoms with Crippen LogP contribution in [-0.2, 0) is 6.18 Å². The van der Waals surface area contributed by atoms with Gasteiger partial charge in [-0.25, -0.2) is 0 Å². The first-order valence-corrected chi connectivity index (χ1v) is 6.64. The summed E-state index contributed by atoms with van der Waals surface area (Å²) in [6, 6.07) is 0.231. The molecule has 0 aliphatic carbocycles. The van der Waals surface area contributed by atoms with Gasteiger partial charge in [0.2, 0.25) is 10.1 Å². The predicted molar refractivity (Wildman–Crippen MR) is 63.8 cm³/mol. The van der Waals surface area contributed by atoms with Crippen LogP contribution in [0.2, 0.25) is 0 Å². The molecule has 1 aromatic heterocycles. The Morgan fingerprint density at radius 3 is 2.72 bits per heavy atom. The topological polar surface area (TPSA) is 41.1 Å². The van der Waals surface area contributed by atoms with E-state index >= 15 is 0 Å². The van der Waals surface area contributed by atoms with Gasteiger partial charge in [0.05, 0.1) is 0 Å². The molecule has 1 N–H and O–H groups in total. The lowest BCUT2D eigenvalue weighted by atomic mass is 10.1. The van der Waals surface area contributed by atoms with Crippen molar-refractivity contribution in [3.8, 4) is 0 Å². The van der Waals surface area contributed by atoms with E-state index in [0.717, 1.165) is 32.4 Å². The lowest BCUT2D eigenvalue weighted by molar-refractivity contribution is -0.138. The third-order valence-electron chi connectivity index (χ3n) is 3.05. The molecule has 4 nitrogen and oxygen atoms in total. The fraction of sp³-hybridized carbons (Fsp3) is 0.800. The number of hydrogen-bond acceptors (Lipinski definition) is 5. The molecular weight excluding hydrogens is 265 g/mol. The summed E-state index contributed by atoms with van der Waals surface area (Å²) in [5.74, 6) is 0. The SMILES string of the molecule is CN(c1nnc(C(F)(F)F)s1)C1CCCNCC1. The molecule has 1 atom stereocenters. The van der Waals surface area contributed by atoms with Crippen molar-refractivity contribution in [2.75, 3.05) is 25.0 Å².